The third kappa shape index (κ3) is 5.61. The van der Waals surface area contributed by atoms with Gasteiger partial charge in [-0.05, 0) is 31.3 Å². The minimum atomic E-state index is 0.421. The van der Waals surface area contributed by atoms with E-state index in [-0.39, 0.29) is 0 Å². The van der Waals surface area contributed by atoms with Gasteiger partial charge in [0.15, 0.2) is 0 Å². The van der Waals surface area contributed by atoms with Crippen LogP contribution in [0.1, 0.15) is 41.0 Å². The number of rotatable bonds is 5. The molecule has 14 heavy (non-hydrogen) atoms. The van der Waals surface area contributed by atoms with Crippen LogP contribution in [0.5, 0.6) is 0 Å². The predicted molar refractivity (Wildman–Crippen MR) is 64.4 cm³/mol. The van der Waals surface area contributed by atoms with Crippen molar-refractivity contribution in [1.82, 2.24) is 4.90 Å². The highest BCUT2D eigenvalue weighted by atomic mass is 15.1. The van der Waals surface area contributed by atoms with Crippen LogP contribution >= 0.6 is 0 Å². The molecule has 0 aromatic carbocycles. The highest BCUT2D eigenvalue weighted by Gasteiger charge is 2.18. The summed E-state index contributed by atoms with van der Waals surface area (Å²) in [6.07, 6.45) is 1.23. The Morgan fingerprint density at radius 1 is 1.21 bits per heavy atom. The van der Waals surface area contributed by atoms with Gasteiger partial charge in [-0.25, -0.2) is 0 Å². The van der Waals surface area contributed by atoms with Gasteiger partial charge in [0.25, 0.3) is 0 Å². The van der Waals surface area contributed by atoms with Gasteiger partial charge in [-0.15, -0.1) is 0 Å². The SMILES string of the molecule is CC(C)C(CN)N(C)CCC(C)(C)C. The standard InChI is InChI=1S/C12H28N2/c1-10(2)11(9-13)14(6)8-7-12(3,4)5/h10-11H,7-9,13H2,1-6H3. The largest absolute Gasteiger partial charge is 0.329 e. The van der Waals surface area contributed by atoms with E-state index < -0.39 is 0 Å². The van der Waals surface area contributed by atoms with Crippen molar-refractivity contribution in [1.29, 1.82) is 0 Å². The molecule has 1 atom stereocenters. The molecule has 0 bridgehead atoms. The fourth-order valence-electron chi connectivity index (χ4n) is 1.64. The van der Waals surface area contributed by atoms with E-state index in [4.69, 9.17) is 5.73 Å². The highest BCUT2D eigenvalue weighted by Crippen LogP contribution is 2.19. The summed E-state index contributed by atoms with van der Waals surface area (Å²) in [7, 11) is 2.18. The molecular formula is C12H28N2. The van der Waals surface area contributed by atoms with E-state index in [0.29, 0.717) is 17.4 Å². The van der Waals surface area contributed by atoms with E-state index in [9.17, 15) is 0 Å². The fraction of sp³-hybridized carbons (Fsp3) is 1.00. The molecule has 0 radical (unpaired) electrons. The third-order valence-electron chi connectivity index (χ3n) is 2.79. The van der Waals surface area contributed by atoms with Crippen LogP contribution in [0.25, 0.3) is 0 Å². The van der Waals surface area contributed by atoms with Gasteiger partial charge in [0.1, 0.15) is 0 Å². The molecule has 0 heterocycles. The molecule has 0 aliphatic heterocycles. The zero-order valence-electron chi connectivity index (χ0n) is 10.8. The van der Waals surface area contributed by atoms with Gasteiger partial charge in [-0.3, -0.25) is 0 Å². The van der Waals surface area contributed by atoms with Crippen molar-refractivity contribution < 1.29 is 0 Å². The second-order valence-electron chi connectivity index (χ2n) is 5.84. The summed E-state index contributed by atoms with van der Waals surface area (Å²) in [6.45, 7) is 13.2. The lowest BCUT2D eigenvalue weighted by atomic mass is 9.91. The minimum absolute atomic E-state index is 0.421. The summed E-state index contributed by atoms with van der Waals surface area (Å²) in [5.74, 6) is 0.643. The maximum Gasteiger partial charge on any atom is 0.0238 e. The lowest BCUT2D eigenvalue weighted by Gasteiger charge is -2.32. The number of nitrogens with zero attached hydrogens (tertiary/aromatic N) is 1. The Bertz CT molecular complexity index is 147. The van der Waals surface area contributed by atoms with Crippen LogP contribution in [-0.2, 0) is 0 Å². The van der Waals surface area contributed by atoms with E-state index in [1.807, 2.05) is 0 Å². The Kier molecular flexibility index (Phi) is 5.68. The zero-order chi connectivity index (χ0) is 11.4. The van der Waals surface area contributed by atoms with Crippen LogP contribution in [0.4, 0.5) is 0 Å². The molecule has 0 spiro atoms. The monoisotopic (exact) mass is 200 g/mol. The average Bonchev–Trinajstić information content (AvgIpc) is 2.00. The lowest BCUT2D eigenvalue weighted by molar-refractivity contribution is 0.173. The molecule has 2 N–H and O–H groups in total. The van der Waals surface area contributed by atoms with Crippen molar-refractivity contribution in [3.63, 3.8) is 0 Å². The van der Waals surface area contributed by atoms with Gasteiger partial charge in [-0.1, -0.05) is 34.6 Å². The van der Waals surface area contributed by atoms with Gasteiger partial charge < -0.3 is 10.6 Å². The van der Waals surface area contributed by atoms with Crippen molar-refractivity contribution in [3.8, 4) is 0 Å². The molecular weight excluding hydrogens is 172 g/mol. The van der Waals surface area contributed by atoms with E-state index >= 15 is 0 Å². The van der Waals surface area contributed by atoms with E-state index in [1.165, 1.54) is 6.42 Å². The summed E-state index contributed by atoms with van der Waals surface area (Å²) in [6, 6.07) is 0.525. The number of hydrogen-bond donors (Lipinski definition) is 1. The molecule has 0 saturated carbocycles. The molecule has 0 amide bonds. The summed E-state index contributed by atoms with van der Waals surface area (Å²) in [5.41, 5.74) is 6.19. The van der Waals surface area contributed by atoms with Crippen molar-refractivity contribution in [2.75, 3.05) is 20.1 Å². The molecule has 0 saturated heterocycles. The third-order valence-corrected chi connectivity index (χ3v) is 2.79. The van der Waals surface area contributed by atoms with Gasteiger partial charge in [-0.2, -0.15) is 0 Å². The Morgan fingerprint density at radius 3 is 2.00 bits per heavy atom. The molecule has 2 nitrogen and oxygen atoms in total. The topological polar surface area (TPSA) is 29.3 Å². The molecule has 1 unspecified atom stereocenters. The molecule has 0 aliphatic carbocycles. The van der Waals surface area contributed by atoms with E-state index in [0.717, 1.165) is 13.1 Å². The lowest BCUT2D eigenvalue weighted by Crippen LogP contribution is -2.42. The summed E-state index contributed by atoms with van der Waals surface area (Å²) >= 11 is 0. The summed E-state index contributed by atoms with van der Waals surface area (Å²) in [4.78, 5) is 2.40. The molecule has 0 aromatic heterocycles. The first-order valence-electron chi connectivity index (χ1n) is 5.68. The first kappa shape index (κ1) is 13.9. The quantitative estimate of drug-likeness (QED) is 0.738. The van der Waals surface area contributed by atoms with Gasteiger partial charge >= 0.3 is 0 Å². The van der Waals surface area contributed by atoms with Crippen LogP contribution < -0.4 is 5.73 Å². The second kappa shape index (κ2) is 5.72. The van der Waals surface area contributed by atoms with E-state index in [1.54, 1.807) is 0 Å². The van der Waals surface area contributed by atoms with Gasteiger partial charge in [0, 0.05) is 12.6 Å². The van der Waals surface area contributed by atoms with Crippen molar-refractivity contribution in [3.05, 3.63) is 0 Å². The average molecular weight is 200 g/mol. The molecule has 0 aliphatic rings. The van der Waals surface area contributed by atoms with Crippen LogP contribution in [-0.4, -0.2) is 31.1 Å². The first-order chi connectivity index (χ1) is 6.28. The molecule has 0 aromatic rings. The van der Waals surface area contributed by atoms with Crippen molar-refractivity contribution in [2.45, 2.75) is 47.1 Å². The minimum Gasteiger partial charge on any atom is -0.329 e. The van der Waals surface area contributed by atoms with Crippen LogP contribution in [0.15, 0.2) is 0 Å². The summed E-state index contributed by atoms with van der Waals surface area (Å²) < 4.78 is 0. The van der Waals surface area contributed by atoms with Crippen molar-refractivity contribution >= 4 is 0 Å². The normalized spacial score (nSPS) is 15.2. The molecule has 86 valence electrons. The first-order valence-corrected chi connectivity index (χ1v) is 5.68. The van der Waals surface area contributed by atoms with Crippen LogP contribution in [0.3, 0.4) is 0 Å². The highest BCUT2D eigenvalue weighted by molar-refractivity contribution is 4.74. The van der Waals surface area contributed by atoms with Gasteiger partial charge in [0.2, 0.25) is 0 Å². The Morgan fingerprint density at radius 2 is 1.71 bits per heavy atom. The smallest absolute Gasteiger partial charge is 0.0238 e. The molecule has 0 rings (SSSR count). The van der Waals surface area contributed by atoms with Crippen molar-refractivity contribution in [2.24, 2.45) is 17.1 Å². The zero-order valence-corrected chi connectivity index (χ0v) is 10.8. The maximum atomic E-state index is 5.77. The number of nitrogens with two attached hydrogens (primary N) is 1. The number of likely N-dealkylation sites (N-methyl/N-ethyl adjacent to an activating group) is 1. The second-order valence-corrected chi connectivity index (χ2v) is 5.84. The Labute approximate surface area is 89.9 Å². The summed E-state index contributed by atoms with van der Waals surface area (Å²) in [5, 5.41) is 0. The Hall–Kier alpha value is -0.0800. The molecule has 0 fully saturated rings. The van der Waals surface area contributed by atoms with Crippen LogP contribution in [0.2, 0.25) is 0 Å². The van der Waals surface area contributed by atoms with E-state index in [2.05, 4.69) is 46.6 Å². The van der Waals surface area contributed by atoms with Gasteiger partial charge in [0.05, 0.1) is 0 Å². The maximum absolute atomic E-state index is 5.77. The molecule has 2 heteroatoms. The fourth-order valence-corrected chi connectivity index (χ4v) is 1.64. The Balaban J connectivity index is 3.99. The van der Waals surface area contributed by atoms with Crippen LogP contribution in [0, 0.1) is 11.3 Å². The predicted octanol–water partition coefficient (Wildman–Crippen LogP) is 2.34. The number of hydrogen-bond acceptors (Lipinski definition) is 2.